The Morgan fingerprint density at radius 2 is 1.89 bits per heavy atom. The number of aromatic nitrogens is 2. The van der Waals surface area contributed by atoms with E-state index in [4.69, 9.17) is 0 Å². The fourth-order valence-corrected chi connectivity index (χ4v) is 2.51. The average Bonchev–Trinajstić information content (AvgIpc) is 2.87. The monoisotopic (exact) mass is 377 g/mol. The predicted octanol–water partition coefficient (Wildman–Crippen LogP) is 1.40. The highest BCUT2D eigenvalue weighted by Crippen LogP contribution is 2.21. The standard InChI is InChI=1S/C17H20FN5O4/c1-10-4-5-13(8-14(10)18)17(25)20-7-6-19-15(24)9-22-12(3)16(23(26)27)11(2)21-22/h4-5,8H,6-7,9H2,1-3H3,(H,19,24)(H,20,25). The fraction of sp³-hybridized carbons (Fsp3) is 0.353. The van der Waals surface area contributed by atoms with E-state index in [2.05, 4.69) is 15.7 Å². The molecule has 0 saturated carbocycles. The third-order valence-electron chi connectivity index (χ3n) is 3.99. The number of nitrogens with one attached hydrogen (secondary N) is 2. The van der Waals surface area contributed by atoms with E-state index in [1.165, 1.54) is 30.7 Å². The number of carbonyl (C=O) groups excluding carboxylic acids is 2. The lowest BCUT2D eigenvalue weighted by molar-refractivity contribution is -0.386. The first-order valence-corrected chi connectivity index (χ1v) is 8.20. The Morgan fingerprint density at radius 3 is 2.48 bits per heavy atom. The van der Waals surface area contributed by atoms with Crippen LogP contribution in [0.15, 0.2) is 18.2 Å². The van der Waals surface area contributed by atoms with Crippen molar-refractivity contribution >= 4 is 17.5 Å². The van der Waals surface area contributed by atoms with Gasteiger partial charge in [0.05, 0.1) is 4.92 Å². The van der Waals surface area contributed by atoms with Gasteiger partial charge in [-0.05, 0) is 38.5 Å². The third kappa shape index (κ3) is 4.87. The molecule has 0 fully saturated rings. The molecule has 27 heavy (non-hydrogen) atoms. The average molecular weight is 377 g/mol. The molecular formula is C17H20FN5O4. The Kier molecular flexibility index (Phi) is 6.22. The quantitative estimate of drug-likeness (QED) is 0.429. The smallest absolute Gasteiger partial charge is 0.312 e. The number of halogens is 1. The maximum atomic E-state index is 13.5. The Balaban J connectivity index is 1.81. The lowest BCUT2D eigenvalue weighted by atomic mass is 10.1. The summed E-state index contributed by atoms with van der Waals surface area (Å²) in [5.74, 6) is -1.31. The highest BCUT2D eigenvalue weighted by molar-refractivity contribution is 5.94. The number of benzene rings is 1. The fourth-order valence-electron chi connectivity index (χ4n) is 2.51. The predicted molar refractivity (Wildman–Crippen MR) is 94.8 cm³/mol. The van der Waals surface area contributed by atoms with Gasteiger partial charge in [-0.3, -0.25) is 24.4 Å². The summed E-state index contributed by atoms with van der Waals surface area (Å²) in [6, 6.07) is 4.18. The molecule has 2 aromatic rings. The SMILES string of the molecule is Cc1ccc(C(=O)NCCNC(=O)Cn2nc(C)c([N+](=O)[O-])c2C)cc1F. The van der Waals surface area contributed by atoms with Crippen LogP contribution in [-0.2, 0) is 11.3 Å². The zero-order chi connectivity index (χ0) is 20.1. The molecule has 0 radical (unpaired) electrons. The van der Waals surface area contributed by atoms with Gasteiger partial charge in [0.1, 0.15) is 23.7 Å². The molecule has 2 amide bonds. The van der Waals surface area contributed by atoms with Crippen molar-refractivity contribution in [1.82, 2.24) is 20.4 Å². The topological polar surface area (TPSA) is 119 Å². The van der Waals surface area contributed by atoms with Crippen molar-refractivity contribution in [2.45, 2.75) is 27.3 Å². The number of carbonyl (C=O) groups is 2. The summed E-state index contributed by atoms with van der Waals surface area (Å²) in [6.07, 6.45) is 0. The molecule has 2 N–H and O–H groups in total. The van der Waals surface area contributed by atoms with E-state index in [0.717, 1.165) is 6.07 Å². The van der Waals surface area contributed by atoms with Gasteiger partial charge in [0.2, 0.25) is 5.91 Å². The molecule has 0 aliphatic carbocycles. The maximum absolute atomic E-state index is 13.5. The number of hydrogen-bond donors (Lipinski definition) is 2. The second-order valence-corrected chi connectivity index (χ2v) is 6.00. The van der Waals surface area contributed by atoms with Crippen molar-refractivity contribution in [3.8, 4) is 0 Å². The van der Waals surface area contributed by atoms with Crippen molar-refractivity contribution in [3.63, 3.8) is 0 Å². The second-order valence-electron chi connectivity index (χ2n) is 6.00. The summed E-state index contributed by atoms with van der Waals surface area (Å²) in [5, 5.41) is 20.1. The summed E-state index contributed by atoms with van der Waals surface area (Å²) < 4.78 is 14.7. The molecule has 1 aromatic carbocycles. The zero-order valence-corrected chi connectivity index (χ0v) is 15.2. The largest absolute Gasteiger partial charge is 0.353 e. The number of rotatable bonds is 7. The van der Waals surface area contributed by atoms with Crippen LogP contribution in [0, 0.1) is 36.7 Å². The molecule has 9 nitrogen and oxygen atoms in total. The molecule has 0 atom stereocenters. The first-order chi connectivity index (χ1) is 12.7. The van der Waals surface area contributed by atoms with Gasteiger partial charge < -0.3 is 10.6 Å². The lowest BCUT2D eigenvalue weighted by Crippen LogP contribution is -2.36. The molecule has 144 valence electrons. The van der Waals surface area contributed by atoms with E-state index in [1.807, 2.05) is 0 Å². The molecule has 1 heterocycles. The molecular weight excluding hydrogens is 357 g/mol. The highest BCUT2D eigenvalue weighted by atomic mass is 19.1. The molecule has 10 heteroatoms. The molecule has 1 aromatic heterocycles. The zero-order valence-electron chi connectivity index (χ0n) is 15.2. The van der Waals surface area contributed by atoms with Gasteiger partial charge in [-0.2, -0.15) is 5.10 Å². The summed E-state index contributed by atoms with van der Waals surface area (Å²) in [4.78, 5) is 34.3. The van der Waals surface area contributed by atoms with E-state index < -0.39 is 22.6 Å². The van der Waals surface area contributed by atoms with Gasteiger partial charge in [-0.25, -0.2) is 4.39 Å². The lowest BCUT2D eigenvalue weighted by Gasteiger charge is -2.08. The highest BCUT2D eigenvalue weighted by Gasteiger charge is 2.22. The van der Waals surface area contributed by atoms with E-state index in [1.54, 1.807) is 6.92 Å². The summed E-state index contributed by atoms with van der Waals surface area (Å²) in [6.45, 7) is 4.76. The maximum Gasteiger partial charge on any atom is 0.312 e. The van der Waals surface area contributed by atoms with E-state index >= 15 is 0 Å². The van der Waals surface area contributed by atoms with Crippen LogP contribution in [0.4, 0.5) is 10.1 Å². The van der Waals surface area contributed by atoms with Crippen LogP contribution in [0.3, 0.4) is 0 Å². The van der Waals surface area contributed by atoms with Gasteiger partial charge in [0.15, 0.2) is 0 Å². The molecule has 0 aliphatic rings. The van der Waals surface area contributed by atoms with E-state index in [9.17, 15) is 24.1 Å². The Morgan fingerprint density at radius 1 is 1.22 bits per heavy atom. The van der Waals surface area contributed by atoms with Crippen molar-refractivity contribution in [2.75, 3.05) is 13.1 Å². The first-order valence-electron chi connectivity index (χ1n) is 8.20. The molecule has 0 unspecified atom stereocenters. The first kappa shape index (κ1) is 20.0. The number of nitrogens with zero attached hydrogens (tertiary/aromatic N) is 3. The van der Waals surface area contributed by atoms with Crippen LogP contribution < -0.4 is 10.6 Å². The summed E-state index contributed by atoms with van der Waals surface area (Å²) in [5.41, 5.74) is 1.06. The van der Waals surface area contributed by atoms with E-state index in [-0.39, 0.29) is 36.6 Å². The van der Waals surface area contributed by atoms with Gasteiger partial charge >= 0.3 is 5.69 Å². The minimum Gasteiger partial charge on any atom is -0.353 e. The van der Waals surface area contributed by atoms with Crippen LogP contribution in [0.2, 0.25) is 0 Å². The summed E-state index contributed by atoms with van der Waals surface area (Å²) in [7, 11) is 0. The van der Waals surface area contributed by atoms with Crippen LogP contribution >= 0.6 is 0 Å². The summed E-state index contributed by atoms with van der Waals surface area (Å²) >= 11 is 0. The molecule has 0 saturated heterocycles. The van der Waals surface area contributed by atoms with Crippen LogP contribution in [0.5, 0.6) is 0 Å². The molecule has 0 bridgehead atoms. The van der Waals surface area contributed by atoms with Crippen molar-refractivity contribution in [1.29, 1.82) is 0 Å². The van der Waals surface area contributed by atoms with Crippen molar-refractivity contribution < 1.29 is 18.9 Å². The molecule has 0 spiro atoms. The van der Waals surface area contributed by atoms with Gasteiger partial charge in [-0.15, -0.1) is 0 Å². The van der Waals surface area contributed by atoms with Crippen LogP contribution in [0.25, 0.3) is 0 Å². The van der Waals surface area contributed by atoms with Crippen LogP contribution in [0.1, 0.15) is 27.3 Å². The Hall–Kier alpha value is -3.30. The van der Waals surface area contributed by atoms with Crippen molar-refractivity contribution in [3.05, 3.63) is 56.6 Å². The number of nitro groups is 1. The van der Waals surface area contributed by atoms with Crippen LogP contribution in [-0.4, -0.2) is 39.6 Å². The minimum absolute atomic E-state index is 0.111. The Bertz CT molecular complexity index is 894. The molecule has 0 aliphatic heterocycles. The van der Waals surface area contributed by atoms with Gasteiger partial charge in [0.25, 0.3) is 5.91 Å². The number of aryl methyl sites for hydroxylation is 2. The third-order valence-corrected chi connectivity index (χ3v) is 3.99. The minimum atomic E-state index is -0.532. The Labute approximate surface area is 154 Å². The van der Waals surface area contributed by atoms with Gasteiger partial charge in [-0.1, -0.05) is 6.07 Å². The van der Waals surface area contributed by atoms with Gasteiger partial charge in [0, 0.05) is 18.7 Å². The van der Waals surface area contributed by atoms with Crippen molar-refractivity contribution in [2.24, 2.45) is 0 Å². The normalized spacial score (nSPS) is 10.5. The second kappa shape index (κ2) is 8.39. The molecule has 2 rings (SSSR count). The number of amides is 2. The number of hydrogen-bond acceptors (Lipinski definition) is 5. The van der Waals surface area contributed by atoms with E-state index in [0.29, 0.717) is 11.3 Å².